The van der Waals surface area contributed by atoms with Crippen LogP contribution in [-0.4, -0.2) is 8.07 Å². The molecule has 1 aromatic heterocycles. The molecule has 2 aromatic rings. The van der Waals surface area contributed by atoms with Crippen LogP contribution in [0, 0.1) is 0 Å². The van der Waals surface area contributed by atoms with E-state index in [1.165, 1.54) is 0 Å². The lowest BCUT2D eigenvalue weighted by Gasteiger charge is -2.12. The van der Waals surface area contributed by atoms with Crippen LogP contribution < -0.4 is 0 Å². The van der Waals surface area contributed by atoms with Crippen molar-refractivity contribution in [3.05, 3.63) is 48.2 Å². The fourth-order valence-electron chi connectivity index (χ4n) is 1.75. The summed E-state index contributed by atoms with van der Waals surface area (Å²) >= 11 is 0. The van der Waals surface area contributed by atoms with Crippen molar-refractivity contribution >= 4 is 8.07 Å². The van der Waals surface area contributed by atoms with Crippen LogP contribution in [0.4, 0.5) is 0 Å². The zero-order valence-electron chi connectivity index (χ0n) is 10.2. The summed E-state index contributed by atoms with van der Waals surface area (Å²) in [5.41, 5.74) is 1.16. The standard InChI is InChI=1S/C14H18OSi/c1-16(2,3)11-13-9-10-14(15-13)12-7-5-4-6-8-12/h4-10H,11H2,1-3H3. The van der Waals surface area contributed by atoms with E-state index in [4.69, 9.17) is 4.42 Å². The van der Waals surface area contributed by atoms with Gasteiger partial charge in [-0.05, 0) is 12.1 Å². The van der Waals surface area contributed by atoms with Gasteiger partial charge in [0.15, 0.2) is 0 Å². The first-order valence-electron chi connectivity index (χ1n) is 5.69. The molecule has 0 aliphatic rings. The molecule has 0 unspecified atom stereocenters. The zero-order chi connectivity index (χ0) is 11.6. The molecule has 84 valence electrons. The van der Waals surface area contributed by atoms with Crippen molar-refractivity contribution in [2.24, 2.45) is 0 Å². The van der Waals surface area contributed by atoms with Crippen LogP contribution in [0.5, 0.6) is 0 Å². The van der Waals surface area contributed by atoms with E-state index in [-0.39, 0.29) is 0 Å². The minimum Gasteiger partial charge on any atom is -0.461 e. The molecule has 0 aliphatic heterocycles. The van der Waals surface area contributed by atoms with Crippen LogP contribution in [0.2, 0.25) is 19.6 Å². The third-order valence-corrected chi connectivity index (χ3v) is 3.83. The highest BCUT2D eigenvalue weighted by Crippen LogP contribution is 2.23. The molecule has 1 aromatic carbocycles. The summed E-state index contributed by atoms with van der Waals surface area (Å²) in [4.78, 5) is 0. The molecule has 2 heteroatoms. The highest BCUT2D eigenvalue weighted by Gasteiger charge is 2.16. The Morgan fingerprint density at radius 2 is 1.62 bits per heavy atom. The fourth-order valence-corrected chi connectivity index (χ4v) is 2.99. The third kappa shape index (κ3) is 2.86. The van der Waals surface area contributed by atoms with Gasteiger partial charge < -0.3 is 4.42 Å². The third-order valence-electron chi connectivity index (χ3n) is 2.42. The lowest BCUT2D eigenvalue weighted by atomic mass is 10.2. The van der Waals surface area contributed by atoms with E-state index >= 15 is 0 Å². The first-order valence-corrected chi connectivity index (χ1v) is 9.39. The van der Waals surface area contributed by atoms with Crippen LogP contribution >= 0.6 is 0 Å². The highest BCUT2D eigenvalue weighted by molar-refractivity contribution is 6.75. The summed E-state index contributed by atoms with van der Waals surface area (Å²) in [6.07, 6.45) is 0. The molecule has 16 heavy (non-hydrogen) atoms. The smallest absolute Gasteiger partial charge is 0.134 e. The Kier molecular flexibility index (Phi) is 3.01. The number of rotatable bonds is 3. The molecule has 0 N–H and O–H groups in total. The van der Waals surface area contributed by atoms with E-state index < -0.39 is 8.07 Å². The van der Waals surface area contributed by atoms with Crippen molar-refractivity contribution in [3.63, 3.8) is 0 Å². The molecule has 1 nitrogen and oxygen atoms in total. The molecule has 0 amide bonds. The minimum absolute atomic E-state index is 0.980. The van der Waals surface area contributed by atoms with E-state index in [1.807, 2.05) is 18.2 Å². The Morgan fingerprint density at radius 3 is 2.25 bits per heavy atom. The van der Waals surface area contributed by atoms with Crippen LogP contribution in [0.15, 0.2) is 46.9 Å². The SMILES string of the molecule is C[Si](C)(C)Cc1ccc(-c2ccccc2)o1. The predicted octanol–water partition coefficient (Wildman–Crippen LogP) is 4.37. The van der Waals surface area contributed by atoms with Crippen molar-refractivity contribution in [1.29, 1.82) is 0 Å². The largest absolute Gasteiger partial charge is 0.461 e. The second kappa shape index (κ2) is 4.30. The van der Waals surface area contributed by atoms with Gasteiger partial charge in [0.25, 0.3) is 0 Å². The van der Waals surface area contributed by atoms with Gasteiger partial charge in [0.2, 0.25) is 0 Å². The minimum atomic E-state index is -1.08. The van der Waals surface area contributed by atoms with Gasteiger partial charge in [-0.3, -0.25) is 0 Å². The van der Waals surface area contributed by atoms with E-state index in [2.05, 4.69) is 43.9 Å². The van der Waals surface area contributed by atoms with Gasteiger partial charge in [-0.25, -0.2) is 0 Å². The Morgan fingerprint density at radius 1 is 0.938 bits per heavy atom. The van der Waals surface area contributed by atoms with Crippen LogP contribution in [-0.2, 0) is 6.04 Å². The van der Waals surface area contributed by atoms with Crippen LogP contribution in [0.1, 0.15) is 5.76 Å². The molecule has 0 radical (unpaired) electrons. The normalized spacial score (nSPS) is 11.7. The molecule has 1 heterocycles. The average Bonchev–Trinajstić information content (AvgIpc) is 2.65. The summed E-state index contributed by atoms with van der Waals surface area (Å²) < 4.78 is 5.88. The fraction of sp³-hybridized carbons (Fsp3) is 0.286. The van der Waals surface area contributed by atoms with Gasteiger partial charge in [0, 0.05) is 11.6 Å². The van der Waals surface area contributed by atoms with Gasteiger partial charge in [-0.2, -0.15) is 0 Å². The first kappa shape index (κ1) is 11.2. The maximum Gasteiger partial charge on any atom is 0.134 e. The van der Waals surface area contributed by atoms with Gasteiger partial charge in [-0.15, -0.1) is 0 Å². The molecular formula is C14H18OSi. The van der Waals surface area contributed by atoms with Gasteiger partial charge in [0.05, 0.1) is 8.07 Å². The Balaban J connectivity index is 2.21. The number of benzene rings is 1. The summed E-state index contributed by atoms with van der Waals surface area (Å²) in [6.45, 7) is 7.08. The number of hydrogen-bond donors (Lipinski definition) is 0. The zero-order valence-corrected chi connectivity index (χ0v) is 11.2. The van der Waals surface area contributed by atoms with E-state index in [9.17, 15) is 0 Å². The number of hydrogen-bond acceptors (Lipinski definition) is 1. The van der Waals surface area contributed by atoms with Crippen molar-refractivity contribution in [2.75, 3.05) is 0 Å². The Labute approximate surface area is 98.1 Å². The molecule has 0 fully saturated rings. The lowest BCUT2D eigenvalue weighted by Crippen LogP contribution is -2.23. The van der Waals surface area contributed by atoms with Crippen LogP contribution in [0.3, 0.4) is 0 Å². The van der Waals surface area contributed by atoms with E-state index in [1.54, 1.807) is 0 Å². The molecule has 0 bridgehead atoms. The van der Waals surface area contributed by atoms with E-state index in [0.29, 0.717) is 0 Å². The molecule has 0 aliphatic carbocycles. The van der Waals surface area contributed by atoms with Crippen molar-refractivity contribution in [2.45, 2.75) is 25.7 Å². The maximum atomic E-state index is 5.88. The quantitative estimate of drug-likeness (QED) is 0.714. The number of furan rings is 1. The molecule has 0 saturated carbocycles. The summed E-state index contributed by atoms with van der Waals surface area (Å²) in [5.74, 6) is 2.10. The summed E-state index contributed by atoms with van der Waals surface area (Å²) in [5, 5.41) is 0. The van der Waals surface area contributed by atoms with Gasteiger partial charge in [-0.1, -0.05) is 50.0 Å². The second-order valence-corrected chi connectivity index (χ2v) is 10.8. The monoisotopic (exact) mass is 230 g/mol. The Bertz CT molecular complexity index is 451. The molecule has 0 saturated heterocycles. The molecule has 0 atom stereocenters. The highest BCUT2D eigenvalue weighted by atomic mass is 28.3. The van der Waals surface area contributed by atoms with Crippen molar-refractivity contribution < 1.29 is 4.42 Å². The van der Waals surface area contributed by atoms with Crippen molar-refractivity contribution in [3.8, 4) is 11.3 Å². The topological polar surface area (TPSA) is 13.1 Å². The van der Waals surface area contributed by atoms with Gasteiger partial charge >= 0.3 is 0 Å². The Hall–Kier alpha value is -1.28. The molecular weight excluding hydrogens is 212 g/mol. The second-order valence-electron chi connectivity index (χ2n) is 5.37. The lowest BCUT2D eigenvalue weighted by molar-refractivity contribution is 0.540. The molecule has 0 spiro atoms. The average molecular weight is 230 g/mol. The predicted molar refractivity (Wildman–Crippen MR) is 71.2 cm³/mol. The first-order chi connectivity index (χ1) is 7.54. The maximum absolute atomic E-state index is 5.88. The summed E-state index contributed by atoms with van der Waals surface area (Å²) in [7, 11) is -1.08. The van der Waals surface area contributed by atoms with Crippen LogP contribution in [0.25, 0.3) is 11.3 Å². The van der Waals surface area contributed by atoms with E-state index in [0.717, 1.165) is 23.1 Å². The van der Waals surface area contributed by atoms with Gasteiger partial charge in [0.1, 0.15) is 11.5 Å². The summed E-state index contributed by atoms with van der Waals surface area (Å²) in [6, 6.07) is 15.6. The molecule has 2 rings (SSSR count). The van der Waals surface area contributed by atoms with Crippen molar-refractivity contribution in [1.82, 2.24) is 0 Å².